The van der Waals surface area contributed by atoms with E-state index in [0.717, 1.165) is 6.54 Å². The van der Waals surface area contributed by atoms with Gasteiger partial charge in [0.05, 0.1) is 11.7 Å². The van der Waals surface area contributed by atoms with E-state index in [0.29, 0.717) is 5.92 Å². The Morgan fingerprint density at radius 2 is 2.31 bits per heavy atom. The number of aryl methyl sites for hydroxylation is 1. The molecule has 1 aromatic carbocycles. The topological polar surface area (TPSA) is 43.8 Å². The third kappa shape index (κ3) is 1.52. The molecule has 1 fully saturated rings. The van der Waals surface area contributed by atoms with Gasteiger partial charge in [0, 0.05) is 18.0 Å². The molecule has 0 saturated heterocycles. The Morgan fingerprint density at radius 1 is 1.50 bits per heavy atom. The van der Waals surface area contributed by atoms with Crippen molar-refractivity contribution in [2.45, 2.75) is 32.4 Å². The molecule has 1 aliphatic carbocycles. The lowest BCUT2D eigenvalue weighted by Crippen LogP contribution is -2.12. The van der Waals surface area contributed by atoms with Gasteiger partial charge in [0.15, 0.2) is 0 Å². The molecular formula is C13H17N3. The van der Waals surface area contributed by atoms with Gasteiger partial charge in [0.25, 0.3) is 0 Å². The Kier molecular flexibility index (Phi) is 2.21. The first-order valence-electron chi connectivity index (χ1n) is 6.00. The number of benzene rings is 1. The minimum Gasteiger partial charge on any atom is -0.324 e. The first-order valence-corrected chi connectivity index (χ1v) is 6.00. The highest BCUT2D eigenvalue weighted by Gasteiger charge is 2.29. The Hall–Kier alpha value is -1.35. The zero-order chi connectivity index (χ0) is 11.1. The largest absolute Gasteiger partial charge is 0.324 e. The van der Waals surface area contributed by atoms with Gasteiger partial charge < -0.3 is 5.73 Å². The maximum Gasteiger partial charge on any atom is 0.0682 e. The SMILES string of the molecule is CCn1ncc2cc(C(N)C3CC3)ccc21. The van der Waals surface area contributed by atoms with Crippen LogP contribution in [0.1, 0.15) is 31.4 Å². The molecule has 1 aliphatic rings. The van der Waals surface area contributed by atoms with Gasteiger partial charge in [-0.15, -0.1) is 0 Å². The molecule has 84 valence electrons. The van der Waals surface area contributed by atoms with E-state index in [2.05, 4.69) is 30.2 Å². The molecule has 2 N–H and O–H groups in total. The minimum absolute atomic E-state index is 0.217. The van der Waals surface area contributed by atoms with Crippen LogP contribution in [0.3, 0.4) is 0 Å². The molecule has 0 amide bonds. The lowest BCUT2D eigenvalue weighted by atomic mass is 10.0. The highest BCUT2D eigenvalue weighted by molar-refractivity contribution is 5.79. The number of hydrogen-bond donors (Lipinski definition) is 1. The first-order chi connectivity index (χ1) is 7.79. The molecule has 3 nitrogen and oxygen atoms in total. The number of hydrogen-bond acceptors (Lipinski definition) is 2. The van der Waals surface area contributed by atoms with E-state index in [9.17, 15) is 0 Å². The Labute approximate surface area is 95.2 Å². The lowest BCUT2D eigenvalue weighted by molar-refractivity contribution is 0.634. The van der Waals surface area contributed by atoms with Gasteiger partial charge in [0.1, 0.15) is 0 Å². The quantitative estimate of drug-likeness (QED) is 0.854. The lowest BCUT2D eigenvalue weighted by Gasteiger charge is -2.10. The zero-order valence-electron chi connectivity index (χ0n) is 9.56. The normalized spacial score (nSPS) is 17.9. The molecule has 1 saturated carbocycles. The van der Waals surface area contributed by atoms with E-state index in [-0.39, 0.29) is 6.04 Å². The van der Waals surface area contributed by atoms with Crippen molar-refractivity contribution in [1.29, 1.82) is 0 Å². The van der Waals surface area contributed by atoms with Crippen molar-refractivity contribution in [1.82, 2.24) is 9.78 Å². The highest BCUT2D eigenvalue weighted by atomic mass is 15.3. The van der Waals surface area contributed by atoms with Gasteiger partial charge in [-0.25, -0.2) is 0 Å². The summed E-state index contributed by atoms with van der Waals surface area (Å²) >= 11 is 0. The van der Waals surface area contributed by atoms with Gasteiger partial charge in [-0.05, 0) is 43.4 Å². The summed E-state index contributed by atoms with van der Waals surface area (Å²) in [5.74, 6) is 0.707. The molecule has 0 spiro atoms. The van der Waals surface area contributed by atoms with Gasteiger partial charge in [-0.2, -0.15) is 5.10 Å². The van der Waals surface area contributed by atoms with Gasteiger partial charge in [-0.1, -0.05) is 6.07 Å². The van der Waals surface area contributed by atoms with Crippen LogP contribution in [0.2, 0.25) is 0 Å². The maximum absolute atomic E-state index is 6.20. The van der Waals surface area contributed by atoms with Crippen molar-refractivity contribution in [2.75, 3.05) is 0 Å². The van der Waals surface area contributed by atoms with Crippen molar-refractivity contribution in [2.24, 2.45) is 11.7 Å². The average Bonchev–Trinajstić information content (AvgIpc) is 3.08. The highest BCUT2D eigenvalue weighted by Crippen LogP contribution is 2.39. The van der Waals surface area contributed by atoms with Crippen molar-refractivity contribution < 1.29 is 0 Å². The monoisotopic (exact) mass is 215 g/mol. The Morgan fingerprint density at radius 3 is 3.00 bits per heavy atom. The predicted molar refractivity (Wildman–Crippen MR) is 65.1 cm³/mol. The molecule has 1 heterocycles. The van der Waals surface area contributed by atoms with Crippen LogP contribution in [0, 0.1) is 5.92 Å². The summed E-state index contributed by atoms with van der Waals surface area (Å²) in [5.41, 5.74) is 8.66. The van der Waals surface area contributed by atoms with E-state index in [1.165, 1.54) is 29.3 Å². The molecule has 1 aromatic heterocycles. The van der Waals surface area contributed by atoms with Crippen LogP contribution in [0.4, 0.5) is 0 Å². The van der Waals surface area contributed by atoms with E-state index >= 15 is 0 Å². The summed E-state index contributed by atoms with van der Waals surface area (Å²) in [5, 5.41) is 5.55. The molecule has 3 heteroatoms. The number of rotatable bonds is 3. The fraction of sp³-hybridized carbons (Fsp3) is 0.462. The van der Waals surface area contributed by atoms with Crippen LogP contribution < -0.4 is 5.73 Å². The van der Waals surface area contributed by atoms with Crippen LogP contribution in [0.25, 0.3) is 10.9 Å². The van der Waals surface area contributed by atoms with Gasteiger partial charge in [0.2, 0.25) is 0 Å². The molecule has 0 radical (unpaired) electrons. The van der Waals surface area contributed by atoms with Crippen molar-refractivity contribution in [3.63, 3.8) is 0 Å². The summed E-state index contributed by atoms with van der Waals surface area (Å²) < 4.78 is 2.02. The van der Waals surface area contributed by atoms with Crippen LogP contribution in [-0.4, -0.2) is 9.78 Å². The van der Waals surface area contributed by atoms with Gasteiger partial charge >= 0.3 is 0 Å². The molecular weight excluding hydrogens is 198 g/mol. The van der Waals surface area contributed by atoms with E-state index in [4.69, 9.17) is 5.73 Å². The summed E-state index contributed by atoms with van der Waals surface area (Å²) in [6.45, 7) is 3.02. The number of nitrogens with zero attached hydrogens (tertiary/aromatic N) is 2. The minimum atomic E-state index is 0.217. The summed E-state index contributed by atoms with van der Waals surface area (Å²) in [7, 11) is 0. The third-order valence-electron chi connectivity index (χ3n) is 3.48. The van der Waals surface area contributed by atoms with Crippen molar-refractivity contribution >= 4 is 10.9 Å². The van der Waals surface area contributed by atoms with Crippen molar-refractivity contribution in [3.05, 3.63) is 30.0 Å². The zero-order valence-corrected chi connectivity index (χ0v) is 9.56. The van der Waals surface area contributed by atoms with Crippen LogP contribution in [0.15, 0.2) is 24.4 Å². The number of nitrogens with two attached hydrogens (primary N) is 1. The number of aromatic nitrogens is 2. The number of fused-ring (bicyclic) bond motifs is 1. The summed E-state index contributed by atoms with van der Waals surface area (Å²) in [6, 6.07) is 6.70. The summed E-state index contributed by atoms with van der Waals surface area (Å²) in [4.78, 5) is 0. The fourth-order valence-corrected chi connectivity index (χ4v) is 2.29. The van der Waals surface area contributed by atoms with Crippen molar-refractivity contribution in [3.8, 4) is 0 Å². The van der Waals surface area contributed by atoms with Gasteiger partial charge in [-0.3, -0.25) is 4.68 Å². The molecule has 3 rings (SSSR count). The Balaban J connectivity index is 2.02. The van der Waals surface area contributed by atoms with E-state index < -0.39 is 0 Å². The molecule has 2 aromatic rings. The molecule has 1 atom stereocenters. The van der Waals surface area contributed by atoms with Crippen LogP contribution in [-0.2, 0) is 6.54 Å². The van der Waals surface area contributed by atoms with E-state index in [1.807, 2.05) is 10.9 Å². The molecule has 1 unspecified atom stereocenters. The Bertz CT molecular complexity index is 511. The van der Waals surface area contributed by atoms with Crippen LogP contribution in [0.5, 0.6) is 0 Å². The second-order valence-corrected chi connectivity index (χ2v) is 4.64. The maximum atomic E-state index is 6.20. The standard InChI is InChI=1S/C13H17N3/c1-2-16-12-6-5-10(7-11(12)8-15-16)13(14)9-3-4-9/h5-9,13H,2-4,14H2,1H3. The van der Waals surface area contributed by atoms with Crippen LogP contribution >= 0.6 is 0 Å². The second kappa shape index (κ2) is 3.59. The average molecular weight is 215 g/mol. The predicted octanol–water partition coefficient (Wildman–Crippen LogP) is 2.47. The first kappa shape index (κ1) is 9.85. The third-order valence-corrected chi connectivity index (χ3v) is 3.48. The van der Waals surface area contributed by atoms with E-state index in [1.54, 1.807) is 0 Å². The molecule has 0 aliphatic heterocycles. The fourth-order valence-electron chi connectivity index (χ4n) is 2.29. The summed E-state index contributed by atoms with van der Waals surface area (Å²) in [6.07, 6.45) is 4.50. The smallest absolute Gasteiger partial charge is 0.0682 e. The molecule has 0 bridgehead atoms. The second-order valence-electron chi connectivity index (χ2n) is 4.64. The molecule has 16 heavy (non-hydrogen) atoms.